The Morgan fingerprint density at radius 3 is 2.77 bits per heavy atom. The van der Waals surface area contributed by atoms with Gasteiger partial charge in [-0.3, -0.25) is 4.79 Å². The third-order valence-corrected chi connectivity index (χ3v) is 9.06. The predicted molar refractivity (Wildman–Crippen MR) is 165 cm³/mol. The van der Waals surface area contributed by atoms with Crippen LogP contribution >= 0.6 is 0 Å². The molecule has 9 nitrogen and oxygen atoms in total. The number of benzene rings is 2. The van der Waals surface area contributed by atoms with Crippen molar-refractivity contribution < 1.29 is 13.9 Å². The van der Waals surface area contributed by atoms with Gasteiger partial charge in [-0.1, -0.05) is 36.9 Å². The second-order valence-corrected chi connectivity index (χ2v) is 11.7. The number of halogens is 1. The summed E-state index contributed by atoms with van der Waals surface area (Å²) >= 11 is 0. The van der Waals surface area contributed by atoms with Crippen LogP contribution in [0.15, 0.2) is 49.1 Å². The van der Waals surface area contributed by atoms with Crippen LogP contribution in [0.4, 0.5) is 15.9 Å². The van der Waals surface area contributed by atoms with Crippen LogP contribution < -0.4 is 14.5 Å². The highest BCUT2D eigenvalue weighted by atomic mass is 19.1. The van der Waals surface area contributed by atoms with E-state index in [1.165, 1.54) is 6.08 Å². The number of piperazine rings is 1. The molecule has 3 aliphatic rings. The van der Waals surface area contributed by atoms with E-state index < -0.39 is 0 Å². The Balaban J connectivity index is 1.37. The Morgan fingerprint density at radius 1 is 1.12 bits per heavy atom. The lowest BCUT2D eigenvalue weighted by Gasteiger charge is -2.41. The number of nitriles is 1. The van der Waals surface area contributed by atoms with E-state index in [9.17, 15) is 10.1 Å². The molecule has 224 valence electrons. The van der Waals surface area contributed by atoms with Gasteiger partial charge < -0.3 is 24.3 Å². The number of likely N-dealkylation sites (N-methyl/N-ethyl adjacent to an activating group) is 1. The van der Waals surface area contributed by atoms with Crippen molar-refractivity contribution in [3.63, 3.8) is 0 Å². The normalized spacial score (nSPS) is 20.9. The highest BCUT2D eigenvalue weighted by Crippen LogP contribution is 2.36. The Kier molecular flexibility index (Phi) is 8.43. The number of anilines is 2. The van der Waals surface area contributed by atoms with Gasteiger partial charge in [-0.05, 0) is 56.8 Å². The maximum absolute atomic E-state index is 15.5. The minimum atomic E-state index is -0.279. The fourth-order valence-corrected chi connectivity index (χ4v) is 6.75. The third kappa shape index (κ3) is 5.87. The number of amides is 1. The molecule has 43 heavy (non-hydrogen) atoms. The number of aromatic nitrogens is 2. The van der Waals surface area contributed by atoms with Gasteiger partial charge in [-0.25, -0.2) is 4.39 Å². The molecule has 6 rings (SSSR count). The predicted octanol–water partition coefficient (Wildman–Crippen LogP) is 4.31. The van der Waals surface area contributed by atoms with Gasteiger partial charge >= 0.3 is 6.01 Å². The summed E-state index contributed by atoms with van der Waals surface area (Å²) in [5.74, 6) is 0.368. The highest BCUT2D eigenvalue weighted by molar-refractivity contribution is 5.94. The fraction of sp³-hybridized carbons (Fsp3) is 0.455. The van der Waals surface area contributed by atoms with Crippen molar-refractivity contribution in [3.8, 4) is 12.1 Å². The lowest BCUT2D eigenvalue weighted by atomic mass is 10.1. The van der Waals surface area contributed by atoms with Crippen molar-refractivity contribution in [2.24, 2.45) is 0 Å². The Morgan fingerprint density at radius 2 is 1.98 bits per heavy atom. The first kappa shape index (κ1) is 28.9. The van der Waals surface area contributed by atoms with Crippen LogP contribution in [0.25, 0.3) is 10.8 Å². The molecule has 2 atom stereocenters. The van der Waals surface area contributed by atoms with Crippen molar-refractivity contribution in [2.75, 3.05) is 56.2 Å². The zero-order valence-corrected chi connectivity index (χ0v) is 24.7. The number of carbonyl (C=O) groups is 1. The molecule has 0 N–H and O–H groups in total. The summed E-state index contributed by atoms with van der Waals surface area (Å²) in [6, 6.07) is 13.8. The molecule has 0 saturated carbocycles. The summed E-state index contributed by atoms with van der Waals surface area (Å²) in [5.41, 5.74) is 2.44. The molecule has 0 aliphatic carbocycles. The van der Waals surface area contributed by atoms with Gasteiger partial charge in [0.15, 0.2) is 0 Å². The number of ether oxygens (including phenoxy) is 1. The molecule has 3 aromatic rings. The monoisotopic (exact) mass is 583 g/mol. The van der Waals surface area contributed by atoms with Crippen molar-refractivity contribution in [3.05, 3.63) is 66.1 Å². The van der Waals surface area contributed by atoms with Crippen LogP contribution in [-0.2, 0) is 17.8 Å². The molecule has 2 saturated heterocycles. The smallest absolute Gasteiger partial charge is 0.318 e. The lowest BCUT2D eigenvalue weighted by Crippen LogP contribution is -2.55. The average molecular weight is 584 g/mol. The maximum Gasteiger partial charge on any atom is 0.318 e. The van der Waals surface area contributed by atoms with Crippen molar-refractivity contribution in [1.82, 2.24) is 19.8 Å². The third-order valence-electron chi connectivity index (χ3n) is 9.06. The summed E-state index contributed by atoms with van der Waals surface area (Å²) in [6.07, 6.45) is 5.26. The molecular formula is C33H38FN7O2. The molecule has 0 radical (unpaired) electrons. The molecular weight excluding hydrogens is 545 g/mol. The van der Waals surface area contributed by atoms with Crippen LogP contribution in [0.3, 0.4) is 0 Å². The van der Waals surface area contributed by atoms with Gasteiger partial charge in [-0.15, -0.1) is 0 Å². The topological polar surface area (TPSA) is 88.8 Å². The first-order valence-corrected chi connectivity index (χ1v) is 15.2. The van der Waals surface area contributed by atoms with Crippen molar-refractivity contribution in [2.45, 2.75) is 50.7 Å². The van der Waals surface area contributed by atoms with E-state index in [1.807, 2.05) is 30.3 Å². The second-order valence-electron chi connectivity index (χ2n) is 11.7. The number of rotatable bonds is 7. The van der Waals surface area contributed by atoms with Crippen LogP contribution in [0.1, 0.15) is 36.9 Å². The van der Waals surface area contributed by atoms with E-state index in [0.717, 1.165) is 60.1 Å². The van der Waals surface area contributed by atoms with E-state index in [2.05, 4.69) is 34.4 Å². The number of hydrogen-bond acceptors (Lipinski definition) is 8. The number of nitrogens with zero attached hydrogens (tertiary/aromatic N) is 7. The summed E-state index contributed by atoms with van der Waals surface area (Å²) in [4.78, 5) is 30.7. The van der Waals surface area contributed by atoms with Crippen molar-refractivity contribution >= 4 is 28.2 Å². The molecule has 2 aromatic carbocycles. The van der Waals surface area contributed by atoms with Gasteiger partial charge in [0.05, 0.1) is 36.5 Å². The summed E-state index contributed by atoms with van der Waals surface area (Å²) < 4.78 is 21.7. The quantitative estimate of drug-likeness (QED) is 0.381. The largest absolute Gasteiger partial charge is 0.462 e. The van der Waals surface area contributed by atoms with Gasteiger partial charge in [-0.2, -0.15) is 15.2 Å². The minimum absolute atomic E-state index is 0.168. The van der Waals surface area contributed by atoms with E-state index in [0.29, 0.717) is 57.1 Å². The molecule has 0 bridgehead atoms. The molecule has 2 unspecified atom stereocenters. The molecule has 1 aromatic heterocycles. The number of fused-ring (bicyclic) bond motifs is 2. The SMILES string of the molecule is C=CC(=O)N1CCN(c2nc(OCC3CCCN3C)nc3c2CCCN(c2c(F)ccc4ccccc24)C3)CC1CC#N. The Labute approximate surface area is 252 Å². The molecule has 1 amide bonds. The number of hydrogen-bond donors (Lipinski definition) is 0. The van der Waals surface area contributed by atoms with Crippen LogP contribution in [-0.4, -0.2) is 84.1 Å². The van der Waals surface area contributed by atoms with E-state index >= 15 is 4.39 Å². The van der Waals surface area contributed by atoms with Gasteiger partial charge in [0, 0.05) is 43.2 Å². The Bertz CT molecular complexity index is 1560. The summed E-state index contributed by atoms with van der Waals surface area (Å²) in [7, 11) is 2.11. The zero-order valence-electron chi connectivity index (χ0n) is 24.7. The summed E-state index contributed by atoms with van der Waals surface area (Å²) in [6.45, 7) is 7.78. The number of carbonyl (C=O) groups excluding carboxylic acids is 1. The van der Waals surface area contributed by atoms with E-state index in [-0.39, 0.29) is 24.2 Å². The van der Waals surface area contributed by atoms with Gasteiger partial charge in [0.1, 0.15) is 18.2 Å². The van der Waals surface area contributed by atoms with E-state index in [1.54, 1.807) is 11.0 Å². The lowest BCUT2D eigenvalue weighted by molar-refractivity contribution is -0.128. The first-order valence-electron chi connectivity index (χ1n) is 15.2. The zero-order chi connectivity index (χ0) is 29.9. The standard InChI is InChI=1S/C33H38FN7O2/c1-3-30(42)41-19-18-40(20-24(41)14-15-35)32-27-11-7-17-39(31-26-10-5-4-8-23(26)12-13-28(31)34)21-29(27)36-33(37-32)43-22-25-9-6-16-38(25)2/h3-5,8,10,12-13,24-25H,1,6-7,9,11,14,16-22H2,2H3. The van der Waals surface area contributed by atoms with Crippen LogP contribution in [0, 0.1) is 17.1 Å². The maximum atomic E-state index is 15.5. The number of likely N-dealkylation sites (tertiary alicyclic amines) is 1. The molecule has 2 fully saturated rings. The van der Waals surface area contributed by atoms with Crippen LogP contribution in [0.5, 0.6) is 6.01 Å². The molecule has 3 aliphatic heterocycles. The molecule has 4 heterocycles. The van der Waals surface area contributed by atoms with Gasteiger partial charge in [0.2, 0.25) is 5.91 Å². The van der Waals surface area contributed by atoms with Crippen LogP contribution in [0.2, 0.25) is 0 Å². The molecule has 10 heteroatoms. The Hall–Kier alpha value is -4.23. The first-order chi connectivity index (χ1) is 21.0. The van der Waals surface area contributed by atoms with Gasteiger partial charge in [0.25, 0.3) is 0 Å². The molecule has 0 spiro atoms. The van der Waals surface area contributed by atoms with Crippen molar-refractivity contribution in [1.29, 1.82) is 5.26 Å². The second kappa shape index (κ2) is 12.6. The van der Waals surface area contributed by atoms with E-state index in [4.69, 9.17) is 14.7 Å². The minimum Gasteiger partial charge on any atom is -0.462 e. The average Bonchev–Trinajstić information content (AvgIpc) is 3.31. The summed E-state index contributed by atoms with van der Waals surface area (Å²) in [5, 5.41) is 11.4. The highest BCUT2D eigenvalue weighted by Gasteiger charge is 2.33. The fourth-order valence-electron chi connectivity index (χ4n) is 6.75.